The van der Waals surface area contributed by atoms with Gasteiger partial charge >= 0.3 is 0 Å². The molecular weight excluding hydrogens is 424 g/mol. The second-order valence-corrected chi connectivity index (χ2v) is 9.60. The van der Waals surface area contributed by atoms with Crippen LogP contribution in [0.2, 0.25) is 0 Å². The number of H-pyrrole nitrogens is 1. The molecule has 0 spiro atoms. The Hall–Kier alpha value is -4.17. The molecule has 0 fully saturated rings. The third kappa shape index (κ3) is 3.63. The molecule has 0 aliphatic carbocycles. The highest BCUT2D eigenvalue weighted by molar-refractivity contribution is 6.22. The molecule has 35 heavy (non-hydrogen) atoms. The van der Waals surface area contributed by atoms with Gasteiger partial charge in [0.25, 0.3) is 0 Å². The van der Waals surface area contributed by atoms with Gasteiger partial charge in [0.1, 0.15) is 0 Å². The lowest BCUT2D eigenvalue weighted by atomic mass is 9.94. The molecule has 1 N–H and O–H groups in total. The Labute approximate surface area is 206 Å². The van der Waals surface area contributed by atoms with Gasteiger partial charge in [-0.2, -0.15) is 0 Å². The van der Waals surface area contributed by atoms with Crippen molar-refractivity contribution in [2.24, 2.45) is 4.99 Å². The first-order valence-electron chi connectivity index (χ1n) is 12.2. The third-order valence-electron chi connectivity index (χ3n) is 7.24. The average molecular weight is 453 g/mol. The lowest BCUT2D eigenvalue weighted by Gasteiger charge is -2.08. The largest absolute Gasteiger partial charge is 0.354 e. The van der Waals surface area contributed by atoms with Gasteiger partial charge in [-0.3, -0.25) is 0 Å². The Morgan fingerprint density at radius 2 is 1.14 bits per heavy atom. The fourth-order valence-corrected chi connectivity index (χ4v) is 4.99. The van der Waals surface area contributed by atoms with Crippen LogP contribution in [0, 0.1) is 27.7 Å². The minimum atomic E-state index is 1.00. The van der Waals surface area contributed by atoms with Crippen LogP contribution in [0.5, 0.6) is 0 Å². The number of nitrogens with zero attached hydrogens (tertiary/aromatic N) is 1. The molecule has 6 rings (SSSR count). The van der Waals surface area contributed by atoms with E-state index in [0.29, 0.717) is 0 Å². The van der Waals surface area contributed by atoms with Crippen molar-refractivity contribution in [1.82, 2.24) is 4.98 Å². The van der Waals surface area contributed by atoms with Crippen LogP contribution in [-0.4, -0.2) is 10.7 Å². The van der Waals surface area contributed by atoms with E-state index in [2.05, 4.69) is 124 Å². The molecule has 0 amide bonds. The van der Waals surface area contributed by atoms with Gasteiger partial charge in [-0.25, -0.2) is 4.99 Å². The number of aliphatic imine (C=N–C) groups is 1. The molecule has 0 atom stereocenters. The zero-order valence-corrected chi connectivity index (χ0v) is 20.6. The van der Waals surface area contributed by atoms with E-state index in [1.54, 1.807) is 0 Å². The predicted molar refractivity (Wildman–Crippen MR) is 149 cm³/mol. The van der Waals surface area contributed by atoms with Gasteiger partial charge in [0, 0.05) is 33.2 Å². The first-order chi connectivity index (χ1) is 17.0. The van der Waals surface area contributed by atoms with Crippen LogP contribution < -0.4 is 0 Å². The van der Waals surface area contributed by atoms with Crippen molar-refractivity contribution in [1.29, 1.82) is 0 Å². The summed E-state index contributed by atoms with van der Waals surface area (Å²) in [6.07, 6.45) is 2.23. The third-order valence-corrected chi connectivity index (χ3v) is 7.24. The van der Waals surface area contributed by atoms with E-state index < -0.39 is 0 Å². The van der Waals surface area contributed by atoms with Crippen LogP contribution in [0.25, 0.3) is 33.8 Å². The summed E-state index contributed by atoms with van der Waals surface area (Å²) in [5.74, 6) is 0. The number of aromatic nitrogens is 1. The molecule has 0 saturated carbocycles. The molecule has 1 aliphatic heterocycles. The first kappa shape index (κ1) is 21.4. The summed E-state index contributed by atoms with van der Waals surface area (Å²) in [4.78, 5) is 8.94. The maximum absolute atomic E-state index is 5.19. The quantitative estimate of drug-likeness (QED) is 0.285. The van der Waals surface area contributed by atoms with Crippen LogP contribution in [0.1, 0.15) is 44.6 Å². The van der Waals surface area contributed by atoms with Crippen molar-refractivity contribution >= 4 is 28.3 Å². The molecule has 2 heteroatoms. The van der Waals surface area contributed by atoms with Crippen molar-refractivity contribution in [3.05, 3.63) is 130 Å². The van der Waals surface area contributed by atoms with E-state index in [1.807, 2.05) is 0 Å². The van der Waals surface area contributed by atoms with Crippen LogP contribution in [0.15, 0.2) is 89.9 Å². The van der Waals surface area contributed by atoms with E-state index >= 15 is 0 Å². The van der Waals surface area contributed by atoms with Crippen LogP contribution in [0.3, 0.4) is 0 Å². The number of rotatable bonds is 3. The van der Waals surface area contributed by atoms with E-state index in [1.165, 1.54) is 49.7 Å². The molecule has 2 nitrogen and oxygen atoms in total. The van der Waals surface area contributed by atoms with Gasteiger partial charge in [0.2, 0.25) is 0 Å². The molecule has 2 heterocycles. The molecule has 0 radical (unpaired) electrons. The molecule has 5 aromatic rings. The van der Waals surface area contributed by atoms with Gasteiger partial charge in [0.15, 0.2) is 0 Å². The number of fused-ring (bicyclic) bond motifs is 2. The Balaban J connectivity index is 1.60. The number of aryl methyl sites for hydroxylation is 4. The highest BCUT2D eigenvalue weighted by Gasteiger charge is 2.23. The Morgan fingerprint density at radius 3 is 1.80 bits per heavy atom. The number of hydrogen-bond acceptors (Lipinski definition) is 1. The Morgan fingerprint density at radius 1 is 0.600 bits per heavy atom. The van der Waals surface area contributed by atoms with E-state index in [-0.39, 0.29) is 0 Å². The monoisotopic (exact) mass is 452 g/mol. The summed E-state index contributed by atoms with van der Waals surface area (Å²) in [7, 11) is 0. The maximum Gasteiger partial charge on any atom is 0.0788 e. The van der Waals surface area contributed by atoms with Crippen molar-refractivity contribution < 1.29 is 0 Å². The van der Waals surface area contributed by atoms with Crippen molar-refractivity contribution in [3.8, 4) is 11.3 Å². The molecule has 1 aliphatic rings. The van der Waals surface area contributed by atoms with Crippen molar-refractivity contribution in [2.75, 3.05) is 0 Å². The molecule has 0 bridgehead atoms. The van der Waals surface area contributed by atoms with E-state index in [4.69, 9.17) is 4.99 Å². The average Bonchev–Trinajstić information content (AvgIpc) is 3.39. The SMILES string of the molecule is Cc1cc2c(cc1C)/C(=C/c1[nH]c(-c3ccccc3)c3cc(C)c(C)cc13)N=C2c1ccccc1. The summed E-state index contributed by atoms with van der Waals surface area (Å²) in [5.41, 5.74) is 14.2. The fraction of sp³-hybridized carbons (Fsp3) is 0.121. The molecular formula is C33H28N2. The standard InChI is InChI=1S/C33H28N2/c1-20-15-26-28(17-22(20)3)32(24-11-7-5-8-12-24)34-30(26)19-31-27-16-21(2)23(4)18-29(27)33(35-31)25-13-9-6-10-14-25/h5-19,34H,1-4H3/b31-19-. The van der Waals surface area contributed by atoms with Gasteiger partial charge in [0.05, 0.1) is 17.1 Å². The van der Waals surface area contributed by atoms with E-state index in [9.17, 15) is 0 Å². The van der Waals surface area contributed by atoms with Crippen molar-refractivity contribution in [2.45, 2.75) is 27.7 Å². The molecule has 170 valence electrons. The second-order valence-electron chi connectivity index (χ2n) is 9.60. The summed E-state index contributed by atoms with van der Waals surface area (Å²) in [6, 6.07) is 30.3. The molecule has 0 unspecified atom stereocenters. The highest BCUT2D eigenvalue weighted by Crippen LogP contribution is 2.38. The Kier molecular flexibility index (Phi) is 5.04. The number of aromatic amines is 1. The molecule has 1 aromatic heterocycles. The van der Waals surface area contributed by atoms with Gasteiger partial charge in [-0.15, -0.1) is 0 Å². The van der Waals surface area contributed by atoms with Crippen molar-refractivity contribution in [3.63, 3.8) is 0 Å². The predicted octanol–water partition coefficient (Wildman–Crippen LogP) is 8.42. The Bertz CT molecular complexity index is 1650. The first-order valence-corrected chi connectivity index (χ1v) is 12.2. The lowest BCUT2D eigenvalue weighted by Crippen LogP contribution is -2.01. The smallest absolute Gasteiger partial charge is 0.0788 e. The minimum absolute atomic E-state index is 1.00. The lowest BCUT2D eigenvalue weighted by molar-refractivity contribution is 1.32. The molecule has 0 saturated heterocycles. The van der Waals surface area contributed by atoms with Gasteiger partial charge in [-0.05, 0) is 85.9 Å². The zero-order chi connectivity index (χ0) is 24.1. The highest BCUT2D eigenvalue weighted by atomic mass is 14.8. The topological polar surface area (TPSA) is 28.1 Å². The van der Waals surface area contributed by atoms with E-state index in [0.717, 1.165) is 28.4 Å². The summed E-state index contributed by atoms with van der Waals surface area (Å²) >= 11 is 0. The summed E-state index contributed by atoms with van der Waals surface area (Å²) in [6.45, 7) is 8.72. The fourth-order valence-electron chi connectivity index (χ4n) is 4.99. The molecule has 4 aromatic carbocycles. The summed E-state index contributed by atoms with van der Waals surface area (Å²) < 4.78 is 0. The minimum Gasteiger partial charge on any atom is -0.354 e. The number of hydrogen-bond donors (Lipinski definition) is 1. The zero-order valence-electron chi connectivity index (χ0n) is 20.6. The number of benzene rings is 4. The van der Waals surface area contributed by atoms with Gasteiger partial charge < -0.3 is 4.98 Å². The van der Waals surface area contributed by atoms with Crippen LogP contribution in [0.4, 0.5) is 0 Å². The second kappa shape index (κ2) is 8.25. The normalized spacial score (nSPS) is 13.9. The van der Waals surface area contributed by atoms with Gasteiger partial charge in [-0.1, -0.05) is 60.7 Å². The maximum atomic E-state index is 5.19. The van der Waals surface area contributed by atoms with Crippen LogP contribution in [-0.2, 0) is 0 Å². The summed E-state index contributed by atoms with van der Waals surface area (Å²) in [5, 5.41) is 2.48. The van der Waals surface area contributed by atoms with Crippen LogP contribution >= 0.6 is 0 Å². The number of nitrogens with one attached hydrogen (secondary N) is 1.